The fraction of sp³-hybridized carbons (Fsp3) is 0.0476. The lowest BCUT2D eigenvalue weighted by Crippen LogP contribution is -1.94. The highest BCUT2D eigenvalue weighted by Gasteiger charge is 2.16. The molecule has 1 heteroatoms. The Kier molecular flexibility index (Phi) is 5.10. The predicted octanol–water partition coefficient (Wildman–Crippen LogP) is 11.6. The fourth-order valence-electron chi connectivity index (χ4n) is 7.19. The Bertz CT molecular complexity index is 2490. The standard InChI is InChI=1S/C42H29N/c1-26-7-10-28(11-8-26)33-20-14-30-17-23-37-34(21-15-31-16-22-36(33)41(30)42(31)37)29-12-18-32(19-13-29)43-39-6-4-3-5-35(39)38-25-27(2)9-24-40(38)43/h3-25H,1-2H3. The molecule has 1 aromatic heterocycles. The Morgan fingerprint density at radius 3 is 1.58 bits per heavy atom. The average molecular weight is 548 g/mol. The molecule has 0 aliphatic heterocycles. The summed E-state index contributed by atoms with van der Waals surface area (Å²) in [6.45, 7) is 4.31. The molecule has 0 saturated carbocycles. The van der Waals surface area contributed by atoms with Crippen molar-refractivity contribution < 1.29 is 0 Å². The highest BCUT2D eigenvalue weighted by Crippen LogP contribution is 2.42. The van der Waals surface area contributed by atoms with Crippen molar-refractivity contribution in [2.45, 2.75) is 13.8 Å². The zero-order valence-electron chi connectivity index (χ0n) is 24.2. The maximum atomic E-state index is 2.39. The molecule has 9 aromatic rings. The molecule has 0 unspecified atom stereocenters. The third-order valence-corrected chi connectivity index (χ3v) is 9.29. The first-order valence-corrected chi connectivity index (χ1v) is 15.0. The normalized spacial score (nSPS) is 12.0. The summed E-state index contributed by atoms with van der Waals surface area (Å²) in [5.41, 5.74) is 11.3. The van der Waals surface area contributed by atoms with Gasteiger partial charge in [0.2, 0.25) is 0 Å². The summed E-state index contributed by atoms with van der Waals surface area (Å²) in [4.78, 5) is 0. The molecule has 1 heterocycles. The van der Waals surface area contributed by atoms with Gasteiger partial charge in [0.05, 0.1) is 11.0 Å². The third kappa shape index (κ3) is 3.58. The van der Waals surface area contributed by atoms with E-state index in [2.05, 4.69) is 158 Å². The molecule has 8 aromatic carbocycles. The Labute approximate surface area is 250 Å². The molecular weight excluding hydrogens is 518 g/mol. The van der Waals surface area contributed by atoms with Crippen LogP contribution < -0.4 is 0 Å². The van der Waals surface area contributed by atoms with Crippen molar-refractivity contribution in [3.05, 3.63) is 151 Å². The van der Waals surface area contributed by atoms with Crippen molar-refractivity contribution >= 4 is 54.1 Å². The van der Waals surface area contributed by atoms with Gasteiger partial charge in [-0.2, -0.15) is 0 Å². The lowest BCUT2D eigenvalue weighted by molar-refractivity contribution is 1.18. The number of nitrogens with zero attached hydrogens (tertiary/aromatic N) is 1. The van der Waals surface area contributed by atoms with E-state index >= 15 is 0 Å². The molecule has 0 N–H and O–H groups in total. The molecule has 0 amide bonds. The molecule has 0 atom stereocenters. The molecule has 0 bridgehead atoms. The first-order valence-electron chi connectivity index (χ1n) is 15.0. The van der Waals surface area contributed by atoms with Crippen LogP contribution in [0.2, 0.25) is 0 Å². The zero-order valence-corrected chi connectivity index (χ0v) is 24.2. The summed E-state index contributed by atoms with van der Waals surface area (Å²) in [7, 11) is 0. The van der Waals surface area contributed by atoms with E-state index in [1.54, 1.807) is 0 Å². The highest BCUT2D eigenvalue weighted by molar-refractivity contribution is 6.27. The van der Waals surface area contributed by atoms with Gasteiger partial charge in [-0.3, -0.25) is 0 Å². The number of aromatic nitrogens is 1. The quantitative estimate of drug-likeness (QED) is 0.194. The maximum Gasteiger partial charge on any atom is 0.0541 e. The molecule has 43 heavy (non-hydrogen) atoms. The van der Waals surface area contributed by atoms with Crippen molar-refractivity contribution in [3.8, 4) is 27.9 Å². The van der Waals surface area contributed by atoms with Gasteiger partial charge >= 0.3 is 0 Å². The van der Waals surface area contributed by atoms with Gasteiger partial charge in [-0.15, -0.1) is 0 Å². The number of benzene rings is 8. The Hall–Kier alpha value is -5.40. The molecule has 0 aliphatic carbocycles. The molecule has 0 aliphatic rings. The van der Waals surface area contributed by atoms with Gasteiger partial charge in [0, 0.05) is 16.5 Å². The van der Waals surface area contributed by atoms with Crippen LogP contribution in [0.4, 0.5) is 0 Å². The van der Waals surface area contributed by atoms with Crippen molar-refractivity contribution in [1.82, 2.24) is 4.57 Å². The smallest absolute Gasteiger partial charge is 0.0541 e. The fourth-order valence-corrected chi connectivity index (χ4v) is 7.19. The third-order valence-electron chi connectivity index (χ3n) is 9.29. The number of hydrogen-bond donors (Lipinski definition) is 0. The molecule has 0 saturated heterocycles. The van der Waals surface area contributed by atoms with Crippen molar-refractivity contribution in [2.75, 3.05) is 0 Å². The summed E-state index contributed by atoms with van der Waals surface area (Å²) in [6, 6.07) is 51.9. The number of hydrogen-bond acceptors (Lipinski definition) is 0. The summed E-state index contributed by atoms with van der Waals surface area (Å²) >= 11 is 0. The van der Waals surface area contributed by atoms with Crippen molar-refractivity contribution in [1.29, 1.82) is 0 Å². The molecule has 0 spiro atoms. The van der Waals surface area contributed by atoms with Crippen LogP contribution in [0.25, 0.3) is 82.1 Å². The minimum Gasteiger partial charge on any atom is -0.309 e. The minimum atomic E-state index is 1.18. The Morgan fingerprint density at radius 2 is 0.930 bits per heavy atom. The van der Waals surface area contributed by atoms with Crippen LogP contribution in [0.3, 0.4) is 0 Å². The second-order valence-electron chi connectivity index (χ2n) is 11.9. The summed E-state index contributed by atoms with van der Waals surface area (Å²) in [6.07, 6.45) is 0. The number of fused-ring (bicyclic) bond motifs is 3. The number of para-hydroxylation sites is 1. The molecular formula is C42H29N. The summed E-state index contributed by atoms with van der Waals surface area (Å²) < 4.78 is 2.39. The molecule has 0 fully saturated rings. The monoisotopic (exact) mass is 547 g/mol. The number of rotatable bonds is 3. The largest absolute Gasteiger partial charge is 0.309 e. The second-order valence-corrected chi connectivity index (χ2v) is 11.9. The highest BCUT2D eigenvalue weighted by atomic mass is 15.0. The molecule has 9 rings (SSSR count). The maximum absolute atomic E-state index is 2.39. The SMILES string of the molecule is Cc1ccc(-c2ccc3ccc4c(-c5ccc(-n6c7ccccc7c7cc(C)ccc76)cc5)ccc5ccc2c3c54)cc1. The molecule has 1 nitrogen and oxygen atoms in total. The topological polar surface area (TPSA) is 4.93 Å². The van der Waals surface area contributed by atoms with E-state index in [0.717, 1.165) is 0 Å². The van der Waals surface area contributed by atoms with Gasteiger partial charge in [-0.25, -0.2) is 0 Å². The van der Waals surface area contributed by atoms with E-state index in [9.17, 15) is 0 Å². The van der Waals surface area contributed by atoms with Crippen LogP contribution in [-0.4, -0.2) is 4.57 Å². The zero-order chi connectivity index (χ0) is 28.7. The predicted molar refractivity (Wildman–Crippen MR) is 185 cm³/mol. The van der Waals surface area contributed by atoms with Crippen LogP contribution in [-0.2, 0) is 0 Å². The Morgan fingerprint density at radius 1 is 0.395 bits per heavy atom. The number of aryl methyl sites for hydroxylation is 2. The van der Waals surface area contributed by atoms with E-state index in [-0.39, 0.29) is 0 Å². The van der Waals surface area contributed by atoms with E-state index in [0.29, 0.717) is 0 Å². The molecule has 0 radical (unpaired) electrons. The van der Waals surface area contributed by atoms with E-state index in [1.165, 1.54) is 93.2 Å². The van der Waals surface area contributed by atoms with Crippen LogP contribution in [0.5, 0.6) is 0 Å². The van der Waals surface area contributed by atoms with E-state index < -0.39 is 0 Å². The molecule has 202 valence electrons. The van der Waals surface area contributed by atoms with Crippen LogP contribution in [0, 0.1) is 13.8 Å². The van der Waals surface area contributed by atoms with Crippen LogP contribution >= 0.6 is 0 Å². The lowest BCUT2D eigenvalue weighted by Gasteiger charge is -2.17. The van der Waals surface area contributed by atoms with Crippen LogP contribution in [0.1, 0.15) is 11.1 Å². The first kappa shape index (κ1) is 24.2. The summed E-state index contributed by atoms with van der Waals surface area (Å²) in [5, 5.41) is 10.5. The van der Waals surface area contributed by atoms with E-state index in [1.807, 2.05) is 0 Å². The Balaban J connectivity index is 1.22. The average Bonchev–Trinajstić information content (AvgIpc) is 3.37. The van der Waals surface area contributed by atoms with Crippen molar-refractivity contribution in [3.63, 3.8) is 0 Å². The van der Waals surface area contributed by atoms with Gasteiger partial charge in [0.25, 0.3) is 0 Å². The van der Waals surface area contributed by atoms with Gasteiger partial charge < -0.3 is 4.57 Å². The van der Waals surface area contributed by atoms with Crippen molar-refractivity contribution in [2.24, 2.45) is 0 Å². The second kappa shape index (κ2) is 9.05. The summed E-state index contributed by atoms with van der Waals surface area (Å²) in [5.74, 6) is 0. The van der Waals surface area contributed by atoms with E-state index in [4.69, 9.17) is 0 Å². The minimum absolute atomic E-state index is 1.18. The lowest BCUT2D eigenvalue weighted by atomic mass is 9.87. The van der Waals surface area contributed by atoms with Gasteiger partial charge in [-0.1, -0.05) is 120 Å². The van der Waals surface area contributed by atoms with Gasteiger partial charge in [0.15, 0.2) is 0 Å². The van der Waals surface area contributed by atoms with Gasteiger partial charge in [0.1, 0.15) is 0 Å². The van der Waals surface area contributed by atoms with Crippen LogP contribution in [0.15, 0.2) is 140 Å². The first-order chi connectivity index (χ1) is 21.1. The van der Waals surface area contributed by atoms with Gasteiger partial charge in [-0.05, 0) is 98.8 Å².